The molecule has 0 saturated heterocycles. The molecule has 1 aromatic heterocycles. The number of amides is 3. The number of carboxylic acid groups (broad SMARTS) is 1. The number of rotatable bonds is 10. The van der Waals surface area contributed by atoms with Crippen LogP contribution in [0.5, 0.6) is 0 Å². The van der Waals surface area contributed by atoms with Crippen LogP contribution in [0, 0.1) is 0 Å². The van der Waals surface area contributed by atoms with Crippen LogP contribution in [0.3, 0.4) is 0 Å². The number of carbonyl (C=O) groups is 3. The number of benzene rings is 3. The minimum atomic E-state index is -1.03. The number of nitrogens with two attached hydrogens (primary N) is 3. The molecule has 0 spiro atoms. The molecule has 0 atom stereocenters. The monoisotopic (exact) mass is 529 g/mol. The smallest absolute Gasteiger partial charge is 0.404 e. The molecule has 1 heterocycles. The number of hydrazone groups is 1. The SMILES string of the molecule is NC(=O)Cc1ccc(N)cc1.NC(=O)Cc1ccc(NN=Cc2ccc3[nH]cc(CCNC(=O)O)c3c2)cc1. The lowest BCUT2D eigenvalue weighted by Crippen LogP contribution is -2.23. The van der Waals surface area contributed by atoms with E-state index in [1.165, 1.54) is 0 Å². The Morgan fingerprint density at radius 2 is 1.51 bits per heavy atom. The molecule has 11 heteroatoms. The predicted molar refractivity (Wildman–Crippen MR) is 152 cm³/mol. The quantitative estimate of drug-likeness (QED) is 0.0934. The van der Waals surface area contributed by atoms with Gasteiger partial charge in [0.1, 0.15) is 0 Å². The maximum absolute atomic E-state index is 10.9. The first-order chi connectivity index (χ1) is 18.7. The van der Waals surface area contributed by atoms with Gasteiger partial charge in [-0.15, -0.1) is 0 Å². The summed E-state index contributed by atoms with van der Waals surface area (Å²) >= 11 is 0. The molecule has 0 aliphatic heterocycles. The van der Waals surface area contributed by atoms with Gasteiger partial charge >= 0.3 is 6.09 Å². The van der Waals surface area contributed by atoms with Crippen LogP contribution in [0.15, 0.2) is 78.0 Å². The summed E-state index contributed by atoms with van der Waals surface area (Å²) in [5.74, 6) is -0.688. The number of fused-ring (bicyclic) bond motifs is 1. The Kier molecular flexibility index (Phi) is 10.0. The lowest BCUT2D eigenvalue weighted by molar-refractivity contribution is -0.118. The second-order valence-electron chi connectivity index (χ2n) is 8.70. The molecule has 3 amide bonds. The highest BCUT2D eigenvalue weighted by atomic mass is 16.4. The van der Waals surface area contributed by atoms with Crippen LogP contribution >= 0.6 is 0 Å². The molecule has 0 bridgehead atoms. The lowest BCUT2D eigenvalue weighted by atomic mass is 10.1. The molecule has 0 saturated carbocycles. The van der Waals surface area contributed by atoms with E-state index in [1.807, 2.05) is 48.7 Å². The van der Waals surface area contributed by atoms with Crippen LogP contribution in [0.2, 0.25) is 0 Å². The summed E-state index contributed by atoms with van der Waals surface area (Å²) in [5.41, 5.74) is 24.7. The summed E-state index contributed by atoms with van der Waals surface area (Å²) in [6.07, 6.45) is 3.67. The topological polar surface area (TPSA) is 202 Å². The third-order valence-corrected chi connectivity index (χ3v) is 5.56. The third kappa shape index (κ3) is 9.57. The maximum atomic E-state index is 10.9. The van der Waals surface area contributed by atoms with Gasteiger partial charge in [-0.3, -0.25) is 15.0 Å². The number of nitrogens with zero attached hydrogens (tertiary/aromatic N) is 1. The van der Waals surface area contributed by atoms with Gasteiger partial charge in [0.15, 0.2) is 0 Å². The molecule has 11 nitrogen and oxygen atoms in total. The lowest BCUT2D eigenvalue weighted by Gasteiger charge is -2.03. The Morgan fingerprint density at radius 3 is 2.10 bits per heavy atom. The molecule has 0 aliphatic carbocycles. The van der Waals surface area contributed by atoms with Crippen molar-refractivity contribution >= 4 is 46.4 Å². The predicted octanol–water partition coefficient (Wildman–Crippen LogP) is 2.75. The molecule has 0 radical (unpaired) electrons. The van der Waals surface area contributed by atoms with Crippen LogP contribution in [-0.4, -0.2) is 40.8 Å². The van der Waals surface area contributed by atoms with Crippen LogP contribution in [0.1, 0.15) is 22.3 Å². The number of carbonyl (C=O) groups excluding carboxylic acids is 2. The summed E-state index contributed by atoms with van der Waals surface area (Å²) in [6, 6.07) is 20.3. The van der Waals surface area contributed by atoms with Gasteiger partial charge in [0.25, 0.3) is 0 Å². The fraction of sp³-hybridized carbons (Fsp3) is 0.143. The zero-order chi connectivity index (χ0) is 28.2. The van der Waals surface area contributed by atoms with Crippen molar-refractivity contribution in [3.8, 4) is 0 Å². The van der Waals surface area contributed by atoms with E-state index < -0.39 is 6.09 Å². The zero-order valence-electron chi connectivity index (χ0n) is 21.2. The largest absolute Gasteiger partial charge is 0.465 e. The molecule has 4 rings (SSSR count). The fourth-order valence-corrected chi connectivity index (χ4v) is 3.70. The Labute approximate surface area is 225 Å². The Hall–Kier alpha value is -5.32. The molecule has 10 N–H and O–H groups in total. The molecule has 0 aliphatic rings. The van der Waals surface area contributed by atoms with Gasteiger partial charge in [0.05, 0.1) is 24.7 Å². The molecule has 39 heavy (non-hydrogen) atoms. The third-order valence-electron chi connectivity index (χ3n) is 5.56. The number of aromatic nitrogens is 1. The van der Waals surface area contributed by atoms with Crippen LogP contribution in [-0.2, 0) is 28.9 Å². The number of anilines is 2. The van der Waals surface area contributed by atoms with E-state index >= 15 is 0 Å². The van der Waals surface area contributed by atoms with Gasteiger partial charge in [-0.05, 0) is 65.1 Å². The van der Waals surface area contributed by atoms with Gasteiger partial charge in [-0.1, -0.05) is 30.3 Å². The van der Waals surface area contributed by atoms with E-state index in [4.69, 9.17) is 22.3 Å². The molecule has 0 unspecified atom stereocenters. The first kappa shape index (κ1) is 28.3. The van der Waals surface area contributed by atoms with Crippen molar-refractivity contribution in [1.82, 2.24) is 10.3 Å². The summed E-state index contributed by atoms with van der Waals surface area (Å²) in [6.45, 7) is 0.355. The van der Waals surface area contributed by atoms with Crippen molar-refractivity contribution in [3.63, 3.8) is 0 Å². The second-order valence-corrected chi connectivity index (χ2v) is 8.70. The number of hydrogen-bond donors (Lipinski definition) is 7. The standard InChI is InChI=1S/C20H21N5O3.C8H10N2O/c21-19(26)10-13-1-4-16(5-2-13)25-24-11-14-3-6-18-17(9-14)15(12-23-18)7-8-22-20(27)28;9-7-3-1-6(2-4-7)5-8(10)11/h1-6,9,11-12,22-23,25H,7-8,10H2,(H2,21,26)(H,27,28);1-4H,5,9H2,(H2,10,11). The maximum Gasteiger partial charge on any atom is 0.404 e. The number of nitrogens with one attached hydrogen (secondary N) is 3. The fourth-order valence-electron chi connectivity index (χ4n) is 3.70. The van der Waals surface area contributed by atoms with Crippen molar-refractivity contribution in [3.05, 3.63) is 95.2 Å². The minimum absolute atomic E-state index is 0.213. The number of H-pyrrole nitrogens is 1. The van der Waals surface area contributed by atoms with E-state index in [1.54, 1.807) is 30.5 Å². The van der Waals surface area contributed by atoms with Gasteiger partial charge < -0.3 is 32.6 Å². The summed E-state index contributed by atoms with van der Waals surface area (Å²) in [7, 11) is 0. The molecule has 202 valence electrons. The molecule has 3 aromatic carbocycles. The van der Waals surface area contributed by atoms with E-state index in [0.29, 0.717) is 18.7 Å². The van der Waals surface area contributed by atoms with Crippen LogP contribution < -0.4 is 27.9 Å². The van der Waals surface area contributed by atoms with E-state index in [0.717, 1.165) is 38.8 Å². The highest BCUT2D eigenvalue weighted by Gasteiger charge is 2.05. The van der Waals surface area contributed by atoms with Crippen molar-refractivity contribution in [2.75, 3.05) is 17.7 Å². The molecular formula is C28H31N7O4. The van der Waals surface area contributed by atoms with Gasteiger partial charge in [-0.2, -0.15) is 5.10 Å². The number of nitrogen functional groups attached to an aromatic ring is 1. The summed E-state index contributed by atoms with van der Waals surface area (Å²) < 4.78 is 0. The van der Waals surface area contributed by atoms with Crippen molar-refractivity contribution in [1.29, 1.82) is 0 Å². The number of aromatic amines is 1. The average Bonchev–Trinajstić information content (AvgIpc) is 3.28. The van der Waals surface area contributed by atoms with Gasteiger partial charge in [0, 0.05) is 29.3 Å². The molecular weight excluding hydrogens is 498 g/mol. The minimum Gasteiger partial charge on any atom is -0.465 e. The first-order valence-corrected chi connectivity index (χ1v) is 12.1. The summed E-state index contributed by atoms with van der Waals surface area (Å²) in [5, 5.41) is 16.3. The van der Waals surface area contributed by atoms with Gasteiger partial charge in [-0.25, -0.2) is 4.79 Å². The van der Waals surface area contributed by atoms with Crippen molar-refractivity contribution in [2.45, 2.75) is 19.3 Å². The zero-order valence-corrected chi connectivity index (χ0v) is 21.2. The average molecular weight is 530 g/mol. The van der Waals surface area contributed by atoms with E-state index in [9.17, 15) is 14.4 Å². The highest BCUT2D eigenvalue weighted by molar-refractivity contribution is 5.91. The molecule has 0 fully saturated rings. The first-order valence-electron chi connectivity index (χ1n) is 12.1. The molecule has 4 aromatic rings. The number of hydrogen-bond acceptors (Lipinski definition) is 6. The van der Waals surface area contributed by atoms with Gasteiger partial charge in [0.2, 0.25) is 11.8 Å². The Morgan fingerprint density at radius 1 is 0.897 bits per heavy atom. The summed E-state index contributed by atoms with van der Waals surface area (Å²) in [4.78, 5) is 35.1. The Balaban J connectivity index is 0.000000320. The van der Waals surface area contributed by atoms with Crippen molar-refractivity contribution in [2.24, 2.45) is 16.6 Å². The van der Waals surface area contributed by atoms with E-state index in [-0.39, 0.29) is 24.7 Å². The normalized spacial score (nSPS) is 10.6. The van der Waals surface area contributed by atoms with Crippen LogP contribution in [0.25, 0.3) is 10.9 Å². The van der Waals surface area contributed by atoms with Crippen LogP contribution in [0.4, 0.5) is 16.2 Å². The Bertz CT molecular complexity index is 1450. The van der Waals surface area contributed by atoms with E-state index in [2.05, 4.69) is 20.8 Å². The van der Waals surface area contributed by atoms with Crippen molar-refractivity contribution < 1.29 is 19.5 Å². The number of primary amides is 2. The highest BCUT2D eigenvalue weighted by Crippen LogP contribution is 2.20. The second kappa shape index (κ2) is 13.8.